The third-order valence-electron chi connectivity index (χ3n) is 4.70. The second-order valence-corrected chi connectivity index (χ2v) is 8.13. The maximum absolute atomic E-state index is 14.4. The van der Waals surface area contributed by atoms with Gasteiger partial charge >= 0.3 is 0 Å². The summed E-state index contributed by atoms with van der Waals surface area (Å²) in [7, 11) is 0. The molecule has 1 atom stereocenters. The Labute approximate surface area is 170 Å². The van der Waals surface area contributed by atoms with Crippen LogP contribution in [0.15, 0.2) is 53.4 Å². The molecule has 2 aromatic carbocycles. The summed E-state index contributed by atoms with van der Waals surface area (Å²) in [6.07, 6.45) is 2.96. The first-order valence-electron chi connectivity index (χ1n) is 8.76. The van der Waals surface area contributed by atoms with Gasteiger partial charge in [-0.25, -0.2) is 4.39 Å². The van der Waals surface area contributed by atoms with E-state index >= 15 is 0 Å². The zero-order valence-electron chi connectivity index (χ0n) is 14.6. The minimum Gasteiger partial charge on any atom is -0.297 e. The molecule has 1 saturated heterocycles. The van der Waals surface area contributed by atoms with E-state index in [0.717, 1.165) is 16.7 Å². The van der Waals surface area contributed by atoms with Gasteiger partial charge in [0.15, 0.2) is 5.78 Å². The lowest BCUT2D eigenvalue weighted by molar-refractivity contribution is -0.133. The van der Waals surface area contributed by atoms with Gasteiger partial charge in [0.2, 0.25) is 0 Å². The molecule has 1 saturated carbocycles. The Kier molecular flexibility index (Phi) is 5.08. The average Bonchev–Trinajstić information content (AvgIpc) is 3.48. The van der Waals surface area contributed by atoms with E-state index in [2.05, 4.69) is 0 Å². The molecule has 4 nitrogen and oxygen atoms in total. The van der Waals surface area contributed by atoms with Crippen LogP contribution in [0.3, 0.4) is 0 Å². The first-order valence-corrected chi connectivity index (χ1v) is 9.96. The lowest BCUT2D eigenvalue weighted by Crippen LogP contribution is -2.38. The van der Waals surface area contributed by atoms with Gasteiger partial charge in [0.25, 0.3) is 11.1 Å². The fourth-order valence-electron chi connectivity index (χ4n) is 3.12. The molecule has 0 aromatic heterocycles. The Morgan fingerprint density at radius 2 is 1.82 bits per heavy atom. The molecule has 1 heterocycles. The highest BCUT2D eigenvalue weighted by molar-refractivity contribution is 8.18. The number of carbonyl (C=O) groups excluding carboxylic acids is 3. The summed E-state index contributed by atoms with van der Waals surface area (Å²) in [6, 6.07) is 11.3. The predicted molar refractivity (Wildman–Crippen MR) is 106 cm³/mol. The van der Waals surface area contributed by atoms with Crippen molar-refractivity contribution in [1.29, 1.82) is 0 Å². The van der Waals surface area contributed by atoms with E-state index in [0.29, 0.717) is 23.4 Å². The van der Waals surface area contributed by atoms with E-state index in [4.69, 9.17) is 11.6 Å². The largest absolute Gasteiger partial charge is 0.297 e. The van der Waals surface area contributed by atoms with E-state index in [9.17, 15) is 18.8 Å². The highest BCUT2D eigenvalue weighted by Gasteiger charge is 2.47. The number of amides is 2. The number of carbonyl (C=O) groups is 3. The SMILES string of the molecule is O=C(C1CC1)C(c1ccccc1F)N1C(=O)S/C(=C\c2ccc(Cl)cc2)C1=O. The number of Topliss-reactive ketones (excluding diaryl/α,β-unsaturated/α-hetero) is 1. The molecule has 142 valence electrons. The van der Waals surface area contributed by atoms with Crippen LogP contribution >= 0.6 is 23.4 Å². The van der Waals surface area contributed by atoms with Crippen LogP contribution in [0, 0.1) is 11.7 Å². The van der Waals surface area contributed by atoms with Crippen molar-refractivity contribution in [2.24, 2.45) is 5.92 Å². The van der Waals surface area contributed by atoms with Gasteiger partial charge in [-0.15, -0.1) is 0 Å². The van der Waals surface area contributed by atoms with Crippen LogP contribution in [0.1, 0.15) is 30.0 Å². The van der Waals surface area contributed by atoms with Crippen LogP contribution in [0.5, 0.6) is 0 Å². The molecule has 1 aliphatic carbocycles. The van der Waals surface area contributed by atoms with E-state index in [1.54, 1.807) is 36.4 Å². The molecule has 1 unspecified atom stereocenters. The van der Waals surface area contributed by atoms with Gasteiger partial charge in [0, 0.05) is 16.5 Å². The Morgan fingerprint density at radius 1 is 1.14 bits per heavy atom. The number of thioether (sulfide) groups is 1. The molecule has 0 N–H and O–H groups in total. The Balaban J connectivity index is 1.71. The van der Waals surface area contributed by atoms with Crippen molar-refractivity contribution in [3.8, 4) is 0 Å². The van der Waals surface area contributed by atoms with Crippen molar-refractivity contribution in [2.45, 2.75) is 18.9 Å². The highest BCUT2D eigenvalue weighted by atomic mass is 35.5. The zero-order valence-corrected chi connectivity index (χ0v) is 16.2. The van der Waals surface area contributed by atoms with Crippen molar-refractivity contribution in [2.75, 3.05) is 0 Å². The summed E-state index contributed by atoms with van der Waals surface area (Å²) >= 11 is 6.62. The van der Waals surface area contributed by atoms with Crippen molar-refractivity contribution in [1.82, 2.24) is 4.90 Å². The number of halogens is 2. The van der Waals surface area contributed by atoms with Crippen LogP contribution in [-0.2, 0) is 9.59 Å². The van der Waals surface area contributed by atoms with E-state index in [-0.39, 0.29) is 22.2 Å². The Morgan fingerprint density at radius 3 is 2.46 bits per heavy atom. The van der Waals surface area contributed by atoms with Crippen LogP contribution in [0.2, 0.25) is 5.02 Å². The Hall–Kier alpha value is -2.44. The molecule has 4 rings (SSSR count). The van der Waals surface area contributed by atoms with Gasteiger partial charge in [0.1, 0.15) is 11.9 Å². The number of hydrogen-bond acceptors (Lipinski definition) is 4. The van der Waals surface area contributed by atoms with Gasteiger partial charge in [0.05, 0.1) is 4.91 Å². The molecular formula is C21H15ClFNO3S. The maximum Gasteiger partial charge on any atom is 0.294 e. The van der Waals surface area contributed by atoms with Gasteiger partial charge in [-0.3, -0.25) is 19.3 Å². The first kappa shape index (κ1) is 18.9. The summed E-state index contributed by atoms with van der Waals surface area (Å²) in [5, 5.41) is -0.0210. The first-order chi connectivity index (χ1) is 13.5. The number of benzene rings is 2. The van der Waals surface area contributed by atoms with Gasteiger partial charge in [-0.1, -0.05) is 41.9 Å². The quantitative estimate of drug-likeness (QED) is 0.627. The normalized spacial score (nSPS) is 19.4. The lowest BCUT2D eigenvalue weighted by Gasteiger charge is -2.25. The second kappa shape index (κ2) is 7.53. The van der Waals surface area contributed by atoms with Gasteiger partial charge < -0.3 is 0 Å². The average molecular weight is 416 g/mol. The molecule has 2 aliphatic rings. The monoisotopic (exact) mass is 415 g/mol. The second-order valence-electron chi connectivity index (χ2n) is 6.70. The fraction of sp³-hybridized carbons (Fsp3) is 0.190. The summed E-state index contributed by atoms with van der Waals surface area (Å²) in [5.74, 6) is -1.73. The van der Waals surface area contributed by atoms with Crippen molar-refractivity contribution < 1.29 is 18.8 Å². The molecule has 2 amide bonds. The third-order valence-corrected chi connectivity index (χ3v) is 5.83. The molecular weight excluding hydrogens is 401 g/mol. The molecule has 28 heavy (non-hydrogen) atoms. The smallest absolute Gasteiger partial charge is 0.294 e. The predicted octanol–water partition coefficient (Wildman–Crippen LogP) is 5.24. The van der Waals surface area contributed by atoms with Crippen LogP contribution in [0.4, 0.5) is 9.18 Å². The summed E-state index contributed by atoms with van der Waals surface area (Å²) in [6.45, 7) is 0. The molecule has 0 spiro atoms. The standard InChI is InChI=1S/C21H15ClFNO3S/c22-14-9-5-12(6-10-14)11-17-20(26)24(21(27)28-17)18(19(25)13-7-8-13)15-3-1-2-4-16(15)23/h1-6,9-11,13,18H,7-8H2/b17-11-. The zero-order chi connectivity index (χ0) is 19.8. The van der Waals surface area contributed by atoms with Crippen LogP contribution in [0.25, 0.3) is 6.08 Å². The van der Waals surface area contributed by atoms with Crippen LogP contribution < -0.4 is 0 Å². The number of rotatable bonds is 5. The van der Waals surface area contributed by atoms with E-state index in [1.807, 2.05) is 0 Å². The summed E-state index contributed by atoms with van der Waals surface area (Å²) < 4.78 is 14.4. The van der Waals surface area contributed by atoms with Crippen molar-refractivity contribution in [3.05, 3.63) is 75.4 Å². The number of nitrogens with zero attached hydrogens (tertiary/aromatic N) is 1. The molecule has 1 aliphatic heterocycles. The fourth-order valence-corrected chi connectivity index (χ4v) is 4.10. The maximum atomic E-state index is 14.4. The minimum absolute atomic E-state index is 0.0504. The number of imide groups is 1. The lowest BCUT2D eigenvalue weighted by atomic mass is 9.97. The molecule has 2 aromatic rings. The third kappa shape index (κ3) is 3.62. The van der Waals surface area contributed by atoms with Crippen molar-refractivity contribution >= 4 is 46.4 Å². The van der Waals surface area contributed by atoms with Crippen molar-refractivity contribution in [3.63, 3.8) is 0 Å². The Bertz CT molecular complexity index is 1000. The topological polar surface area (TPSA) is 54.5 Å². The number of ketones is 1. The summed E-state index contributed by atoms with van der Waals surface area (Å²) in [4.78, 5) is 39.6. The molecule has 0 bridgehead atoms. The van der Waals surface area contributed by atoms with E-state index in [1.165, 1.54) is 18.2 Å². The van der Waals surface area contributed by atoms with Gasteiger partial charge in [-0.05, 0) is 54.4 Å². The number of hydrogen-bond donors (Lipinski definition) is 0. The molecule has 0 radical (unpaired) electrons. The summed E-state index contributed by atoms with van der Waals surface area (Å²) in [5.41, 5.74) is 0.750. The highest BCUT2D eigenvalue weighted by Crippen LogP contribution is 2.43. The minimum atomic E-state index is -1.24. The molecule has 7 heteroatoms. The van der Waals surface area contributed by atoms with Crippen LogP contribution in [-0.4, -0.2) is 21.8 Å². The molecule has 2 fully saturated rings. The van der Waals surface area contributed by atoms with E-state index < -0.39 is 23.0 Å². The van der Waals surface area contributed by atoms with Gasteiger partial charge in [-0.2, -0.15) is 0 Å².